The first-order valence-electron chi connectivity index (χ1n) is 4.52. The maximum atomic E-state index is 12.5. The van der Waals surface area contributed by atoms with Gasteiger partial charge in [-0.2, -0.15) is 19.0 Å². The highest BCUT2D eigenvalue weighted by molar-refractivity contribution is 7.87. The number of rotatable bonds is 5. The predicted octanol–water partition coefficient (Wildman–Crippen LogP) is 2.60. The lowest BCUT2D eigenvalue weighted by Gasteiger charge is -1.96. The Hall–Kier alpha value is -1.40. The molecule has 0 fully saturated rings. The monoisotopic (exact) mass is 296 g/mol. The molecule has 0 saturated heterocycles. The van der Waals surface area contributed by atoms with E-state index < -0.39 is 29.1 Å². The van der Waals surface area contributed by atoms with Gasteiger partial charge in [-0.1, -0.05) is 11.3 Å². The van der Waals surface area contributed by atoms with Gasteiger partial charge in [0.25, 0.3) is 0 Å². The molecular weight excluding hydrogens is 289 g/mol. The SMILES string of the molecule is COc1nc(S(=O)CCC(F)=C(F)F)sc1C#N. The largest absolute Gasteiger partial charge is 0.479 e. The summed E-state index contributed by atoms with van der Waals surface area (Å²) in [6.07, 6.45) is -3.06. The number of nitrogens with zero attached hydrogens (tertiary/aromatic N) is 2. The molecule has 1 aromatic rings. The van der Waals surface area contributed by atoms with E-state index >= 15 is 0 Å². The van der Waals surface area contributed by atoms with E-state index in [9.17, 15) is 17.4 Å². The highest BCUT2D eigenvalue weighted by Crippen LogP contribution is 2.27. The molecule has 18 heavy (non-hydrogen) atoms. The number of ether oxygens (including phenoxy) is 1. The van der Waals surface area contributed by atoms with Crippen molar-refractivity contribution in [1.29, 1.82) is 5.26 Å². The molecule has 0 aliphatic rings. The van der Waals surface area contributed by atoms with E-state index in [4.69, 9.17) is 10.00 Å². The van der Waals surface area contributed by atoms with Crippen LogP contribution in [0.4, 0.5) is 13.2 Å². The molecule has 1 aromatic heterocycles. The quantitative estimate of drug-likeness (QED) is 0.838. The van der Waals surface area contributed by atoms with Crippen LogP contribution in [0.1, 0.15) is 11.3 Å². The summed E-state index contributed by atoms with van der Waals surface area (Å²) in [7, 11) is -0.449. The average Bonchev–Trinajstić information content (AvgIpc) is 2.78. The third kappa shape index (κ3) is 3.54. The molecule has 98 valence electrons. The molecule has 1 unspecified atom stereocenters. The van der Waals surface area contributed by atoms with Crippen LogP contribution >= 0.6 is 11.3 Å². The summed E-state index contributed by atoms with van der Waals surface area (Å²) in [5, 5.41) is 8.71. The molecular formula is C9H7F3N2O2S2. The third-order valence-electron chi connectivity index (χ3n) is 1.78. The van der Waals surface area contributed by atoms with Gasteiger partial charge in [-0.3, -0.25) is 4.21 Å². The smallest absolute Gasteiger partial charge is 0.301 e. The summed E-state index contributed by atoms with van der Waals surface area (Å²) in [5.41, 5.74) is 0. The fourth-order valence-electron chi connectivity index (χ4n) is 0.958. The van der Waals surface area contributed by atoms with Gasteiger partial charge in [-0.25, -0.2) is 4.39 Å². The number of methoxy groups -OCH3 is 1. The van der Waals surface area contributed by atoms with Crippen LogP contribution < -0.4 is 4.74 Å². The Morgan fingerprint density at radius 1 is 1.56 bits per heavy atom. The second kappa shape index (κ2) is 6.51. The first-order valence-corrected chi connectivity index (χ1v) is 6.66. The summed E-state index contributed by atoms with van der Waals surface area (Å²) in [6, 6.07) is 1.80. The van der Waals surface area contributed by atoms with Gasteiger partial charge in [0.2, 0.25) is 5.88 Å². The molecule has 0 aliphatic carbocycles. The van der Waals surface area contributed by atoms with Crippen LogP contribution in [0.2, 0.25) is 0 Å². The van der Waals surface area contributed by atoms with E-state index in [-0.39, 0.29) is 20.8 Å². The van der Waals surface area contributed by atoms with Crippen molar-refractivity contribution in [1.82, 2.24) is 4.98 Å². The first kappa shape index (κ1) is 14.7. The zero-order valence-corrected chi connectivity index (χ0v) is 10.7. The van der Waals surface area contributed by atoms with Gasteiger partial charge in [-0.05, 0) is 0 Å². The lowest BCUT2D eigenvalue weighted by Crippen LogP contribution is -1.98. The van der Waals surface area contributed by atoms with Gasteiger partial charge in [0.05, 0.1) is 17.9 Å². The zero-order chi connectivity index (χ0) is 13.7. The second-order valence-electron chi connectivity index (χ2n) is 2.89. The number of allylic oxidation sites excluding steroid dienone is 1. The third-order valence-corrected chi connectivity index (χ3v) is 4.38. The average molecular weight is 296 g/mol. The molecule has 0 saturated carbocycles. The summed E-state index contributed by atoms with van der Waals surface area (Å²) >= 11 is 0.829. The molecule has 0 aliphatic heterocycles. The van der Waals surface area contributed by atoms with Gasteiger partial charge in [-0.15, -0.1) is 0 Å². The molecule has 0 amide bonds. The Labute approximate surface area is 107 Å². The van der Waals surface area contributed by atoms with Crippen molar-refractivity contribution in [2.75, 3.05) is 12.9 Å². The minimum atomic E-state index is -2.42. The number of hydrogen-bond acceptors (Lipinski definition) is 5. The van der Waals surface area contributed by atoms with Gasteiger partial charge < -0.3 is 4.74 Å². The molecule has 0 N–H and O–H groups in total. The van der Waals surface area contributed by atoms with E-state index in [0.717, 1.165) is 11.3 Å². The van der Waals surface area contributed by atoms with E-state index in [1.807, 2.05) is 0 Å². The lowest BCUT2D eigenvalue weighted by atomic mass is 10.4. The fraction of sp³-hybridized carbons (Fsp3) is 0.333. The van der Waals surface area contributed by atoms with Crippen LogP contribution in [0.15, 0.2) is 16.2 Å². The molecule has 0 spiro atoms. The Morgan fingerprint density at radius 2 is 2.22 bits per heavy atom. The number of thiazole rings is 1. The minimum absolute atomic E-state index is 0.0264. The van der Waals surface area contributed by atoms with E-state index in [1.165, 1.54) is 7.11 Å². The molecule has 4 nitrogen and oxygen atoms in total. The van der Waals surface area contributed by atoms with Gasteiger partial charge in [0, 0.05) is 12.2 Å². The highest BCUT2D eigenvalue weighted by Gasteiger charge is 2.17. The topological polar surface area (TPSA) is 63.0 Å². The Morgan fingerprint density at radius 3 is 2.67 bits per heavy atom. The number of halogens is 3. The van der Waals surface area contributed by atoms with E-state index in [1.54, 1.807) is 6.07 Å². The highest BCUT2D eigenvalue weighted by atomic mass is 32.2. The van der Waals surface area contributed by atoms with Crippen molar-refractivity contribution in [3.05, 3.63) is 16.8 Å². The predicted molar refractivity (Wildman–Crippen MR) is 59.6 cm³/mol. The van der Waals surface area contributed by atoms with Crippen molar-refractivity contribution in [2.45, 2.75) is 10.8 Å². The Balaban J connectivity index is 2.77. The number of hydrogen-bond donors (Lipinski definition) is 0. The zero-order valence-electron chi connectivity index (χ0n) is 9.08. The van der Waals surface area contributed by atoms with E-state index in [0.29, 0.717) is 0 Å². The van der Waals surface area contributed by atoms with Gasteiger partial charge >= 0.3 is 6.08 Å². The van der Waals surface area contributed by atoms with E-state index in [2.05, 4.69) is 4.98 Å². The van der Waals surface area contributed by atoms with Crippen LogP contribution in [-0.2, 0) is 10.8 Å². The van der Waals surface area contributed by atoms with Crippen LogP contribution in [-0.4, -0.2) is 22.1 Å². The fourth-order valence-corrected chi connectivity index (χ4v) is 3.12. The second-order valence-corrected chi connectivity index (χ2v) is 5.64. The van der Waals surface area contributed by atoms with Crippen LogP contribution in [0.5, 0.6) is 5.88 Å². The lowest BCUT2D eigenvalue weighted by molar-refractivity contribution is 0.373. The van der Waals surface area contributed by atoms with Crippen LogP contribution in [0, 0.1) is 11.3 Å². The van der Waals surface area contributed by atoms with Crippen molar-refractivity contribution in [3.63, 3.8) is 0 Å². The van der Waals surface area contributed by atoms with Crippen molar-refractivity contribution in [2.24, 2.45) is 0 Å². The summed E-state index contributed by atoms with van der Waals surface area (Å²) in [5.74, 6) is -1.89. The molecule has 1 heterocycles. The summed E-state index contributed by atoms with van der Waals surface area (Å²) < 4.78 is 52.5. The van der Waals surface area contributed by atoms with Crippen molar-refractivity contribution < 1.29 is 22.1 Å². The molecule has 0 radical (unpaired) electrons. The Kier molecular flexibility index (Phi) is 5.30. The van der Waals surface area contributed by atoms with Crippen LogP contribution in [0.3, 0.4) is 0 Å². The number of aromatic nitrogens is 1. The molecule has 1 rings (SSSR count). The first-order chi connectivity index (χ1) is 8.49. The van der Waals surface area contributed by atoms with Crippen molar-refractivity contribution in [3.8, 4) is 11.9 Å². The van der Waals surface area contributed by atoms with Gasteiger partial charge in [0.1, 0.15) is 6.07 Å². The maximum absolute atomic E-state index is 12.5. The molecule has 9 heteroatoms. The molecule has 1 atom stereocenters. The van der Waals surface area contributed by atoms with Gasteiger partial charge in [0.15, 0.2) is 15.0 Å². The molecule has 0 aromatic carbocycles. The summed E-state index contributed by atoms with van der Waals surface area (Å²) in [4.78, 5) is 3.90. The number of nitriles is 1. The molecule has 0 bridgehead atoms. The normalized spacial score (nSPS) is 11.7. The summed E-state index contributed by atoms with van der Waals surface area (Å²) in [6.45, 7) is 0. The van der Waals surface area contributed by atoms with Crippen molar-refractivity contribution >= 4 is 22.1 Å². The standard InChI is InChI=1S/C9H7F3N2O2S2/c1-16-8-6(4-13)17-9(14-8)18(15)3-2-5(10)7(11)12/h2-3H2,1H3. The maximum Gasteiger partial charge on any atom is 0.301 e. The minimum Gasteiger partial charge on any atom is -0.479 e. The van der Waals surface area contributed by atoms with Crippen LogP contribution in [0.25, 0.3) is 0 Å². The Bertz CT molecular complexity index is 532.